The summed E-state index contributed by atoms with van der Waals surface area (Å²) >= 11 is 0. The van der Waals surface area contributed by atoms with Crippen molar-refractivity contribution in [1.29, 1.82) is 0 Å². The highest BCUT2D eigenvalue weighted by Gasteiger charge is 1.94. The van der Waals surface area contributed by atoms with Gasteiger partial charge in [-0.3, -0.25) is 4.79 Å². The van der Waals surface area contributed by atoms with Gasteiger partial charge < -0.3 is 33.7 Å². The second-order valence-corrected chi connectivity index (χ2v) is 5.16. The van der Waals surface area contributed by atoms with E-state index >= 15 is 0 Å². The number of rotatable bonds is 20. The lowest BCUT2D eigenvalue weighted by atomic mass is 10.5. The molecule has 0 unspecified atom stereocenters. The Labute approximate surface area is 178 Å². The first-order valence-electron chi connectivity index (χ1n) is 11.0. The first-order chi connectivity index (χ1) is 14.3. The second-order valence-electron chi connectivity index (χ2n) is 5.16. The molecule has 0 aromatic rings. The fourth-order valence-corrected chi connectivity index (χ4v) is 1.65. The predicted octanol–water partition coefficient (Wildman–Crippen LogP) is 2.68. The lowest BCUT2D eigenvalue weighted by Crippen LogP contribution is -2.25. The zero-order chi connectivity index (χ0) is 22.4. The third-order valence-corrected chi connectivity index (χ3v) is 2.83. The quantitative estimate of drug-likeness (QED) is 0.300. The SMILES string of the molecule is CC.CC.CCCOCCOCCOCCOCCOCCOCCNC(C)=O. The Morgan fingerprint density at radius 3 is 1.10 bits per heavy atom. The van der Waals surface area contributed by atoms with Crippen LogP contribution in [0.1, 0.15) is 48.0 Å². The van der Waals surface area contributed by atoms with E-state index in [2.05, 4.69) is 12.2 Å². The first kappa shape index (κ1) is 32.9. The number of ether oxygens (including phenoxy) is 6. The molecule has 0 atom stereocenters. The van der Waals surface area contributed by atoms with Gasteiger partial charge in [-0.05, 0) is 6.42 Å². The third kappa shape index (κ3) is 38.5. The Bertz CT molecular complexity index is 282. The molecule has 0 saturated carbocycles. The monoisotopic (exact) mass is 425 g/mol. The summed E-state index contributed by atoms with van der Waals surface area (Å²) in [5.41, 5.74) is 0. The summed E-state index contributed by atoms with van der Waals surface area (Å²) in [4.78, 5) is 10.6. The summed E-state index contributed by atoms with van der Waals surface area (Å²) in [5, 5.41) is 2.65. The fraction of sp³-hybridized carbons (Fsp3) is 0.952. The van der Waals surface area contributed by atoms with Gasteiger partial charge in [0.05, 0.1) is 72.7 Å². The Kier molecular flexibility index (Phi) is 39.4. The highest BCUT2D eigenvalue weighted by Crippen LogP contribution is 1.85. The third-order valence-electron chi connectivity index (χ3n) is 2.83. The van der Waals surface area contributed by atoms with Crippen LogP contribution in [0, 0.1) is 0 Å². The first-order valence-corrected chi connectivity index (χ1v) is 11.0. The van der Waals surface area contributed by atoms with Crippen molar-refractivity contribution in [3.05, 3.63) is 0 Å². The molecule has 0 rings (SSSR count). The van der Waals surface area contributed by atoms with E-state index in [0.29, 0.717) is 79.2 Å². The lowest BCUT2D eigenvalue weighted by Gasteiger charge is -2.08. The molecule has 1 N–H and O–H groups in total. The summed E-state index contributed by atoms with van der Waals surface area (Å²) < 4.78 is 32.0. The van der Waals surface area contributed by atoms with Gasteiger partial charge in [-0.2, -0.15) is 0 Å². The second kappa shape index (κ2) is 34.7. The van der Waals surface area contributed by atoms with Gasteiger partial charge >= 0.3 is 0 Å². The Morgan fingerprint density at radius 1 is 0.552 bits per heavy atom. The lowest BCUT2D eigenvalue weighted by molar-refractivity contribution is -0.119. The van der Waals surface area contributed by atoms with E-state index in [4.69, 9.17) is 28.4 Å². The van der Waals surface area contributed by atoms with Crippen LogP contribution in [0.3, 0.4) is 0 Å². The van der Waals surface area contributed by atoms with Gasteiger partial charge in [-0.15, -0.1) is 0 Å². The van der Waals surface area contributed by atoms with Crippen molar-refractivity contribution in [3.63, 3.8) is 0 Å². The van der Waals surface area contributed by atoms with Crippen molar-refractivity contribution in [1.82, 2.24) is 5.32 Å². The Morgan fingerprint density at radius 2 is 0.828 bits per heavy atom. The molecule has 0 spiro atoms. The van der Waals surface area contributed by atoms with Gasteiger partial charge in [-0.25, -0.2) is 0 Å². The van der Waals surface area contributed by atoms with Gasteiger partial charge in [0, 0.05) is 20.1 Å². The highest BCUT2D eigenvalue weighted by atomic mass is 16.6. The zero-order valence-corrected chi connectivity index (χ0v) is 19.8. The predicted molar refractivity (Wildman–Crippen MR) is 117 cm³/mol. The number of hydrogen-bond donors (Lipinski definition) is 1. The van der Waals surface area contributed by atoms with Crippen molar-refractivity contribution in [2.45, 2.75) is 48.0 Å². The average Bonchev–Trinajstić information content (AvgIpc) is 2.75. The van der Waals surface area contributed by atoms with Crippen LogP contribution in [0.25, 0.3) is 0 Å². The van der Waals surface area contributed by atoms with E-state index < -0.39 is 0 Å². The van der Waals surface area contributed by atoms with E-state index in [1.54, 1.807) is 0 Å². The minimum absolute atomic E-state index is 0.0505. The standard InChI is InChI=1S/C17H35NO7.2C2H6/c1-3-5-20-7-9-22-11-13-24-15-16-25-14-12-23-10-8-21-6-4-18-17(2)19;2*1-2/h3-16H2,1-2H3,(H,18,19);2*1-2H3. The number of nitrogens with one attached hydrogen (secondary N) is 1. The summed E-state index contributed by atoms with van der Waals surface area (Å²) in [7, 11) is 0. The average molecular weight is 426 g/mol. The minimum atomic E-state index is -0.0505. The van der Waals surface area contributed by atoms with Gasteiger partial charge in [-0.1, -0.05) is 34.6 Å². The number of carbonyl (C=O) groups excluding carboxylic acids is 1. The molecule has 0 heterocycles. The number of hydrogen-bond acceptors (Lipinski definition) is 7. The largest absolute Gasteiger partial charge is 0.379 e. The Hall–Kier alpha value is -0.770. The molecular formula is C21H47NO7. The van der Waals surface area contributed by atoms with Crippen molar-refractivity contribution in [2.24, 2.45) is 0 Å². The van der Waals surface area contributed by atoms with Crippen LogP contribution in [0.5, 0.6) is 0 Å². The zero-order valence-electron chi connectivity index (χ0n) is 19.8. The maximum atomic E-state index is 10.6. The van der Waals surface area contributed by atoms with Crippen LogP contribution in [0.4, 0.5) is 0 Å². The van der Waals surface area contributed by atoms with Crippen LogP contribution in [0.15, 0.2) is 0 Å². The molecule has 0 saturated heterocycles. The maximum Gasteiger partial charge on any atom is 0.216 e. The van der Waals surface area contributed by atoms with Crippen LogP contribution in [-0.2, 0) is 33.2 Å². The normalized spacial score (nSPS) is 9.86. The molecule has 0 fully saturated rings. The summed E-state index contributed by atoms with van der Waals surface area (Å²) in [5.74, 6) is -0.0505. The highest BCUT2D eigenvalue weighted by molar-refractivity contribution is 5.72. The molecule has 0 aromatic carbocycles. The van der Waals surface area contributed by atoms with Crippen molar-refractivity contribution < 1.29 is 33.2 Å². The summed E-state index contributed by atoms with van der Waals surface area (Å²) in [6.07, 6.45) is 1.03. The van der Waals surface area contributed by atoms with Gasteiger partial charge in [0.1, 0.15) is 0 Å². The van der Waals surface area contributed by atoms with Gasteiger partial charge in [0.15, 0.2) is 0 Å². The molecule has 0 aliphatic heterocycles. The molecule has 1 amide bonds. The summed E-state index contributed by atoms with van der Waals surface area (Å²) in [6.45, 7) is 18.9. The number of carbonyl (C=O) groups is 1. The Balaban J connectivity index is -0.00000158. The van der Waals surface area contributed by atoms with E-state index in [1.165, 1.54) is 6.92 Å². The van der Waals surface area contributed by atoms with Crippen LogP contribution in [-0.4, -0.2) is 91.7 Å². The van der Waals surface area contributed by atoms with Crippen LogP contribution >= 0.6 is 0 Å². The van der Waals surface area contributed by atoms with Crippen LogP contribution in [0.2, 0.25) is 0 Å². The molecule has 178 valence electrons. The fourth-order valence-electron chi connectivity index (χ4n) is 1.65. The molecule has 0 aliphatic carbocycles. The maximum absolute atomic E-state index is 10.6. The molecule has 29 heavy (non-hydrogen) atoms. The molecule has 0 bridgehead atoms. The van der Waals surface area contributed by atoms with Gasteiger partial charge in [0.25, 0.3) is 0 Å². The number of amides is 1. The van der Waals surface area contributed by atoms with Crippen molar-refractivity contribution >= 4 is 5.91 Å². The smallest absolute Gasteiger partial charge is 0.216 e. The molecule has 8 nitrogen and oxygen atoms in total. The van der Waals surface area contributed by atoms with E-state index in [1.807, 2.05) is 27.7 Å². The molecule has 0 aromatic heterocycles. The van der Waals surface area contributed by atoms with Crippen LogP contribution < -0.4 is 5.32 Å². The van der Waals surface area contributed by atoms with Gasteiger partial charge in [0.2, 0.25) is 5.91 Å². The van der Waals surface area contributed by atoms with E-state index in [-0.39, 0.29) is 5.91 Å². The molecule has 0 aliphatic rings. The molecule has 8 heteroatoms. The topological polar surface area (TPSA) is 84.5 Å². The van der Waals surface area contributed by atoms with Crippen molar-refractivity contribution in [2.75, 3.05) is 85.8 Å². The van der Waals surface area contributed by atoms with E-state index in [0.717, 1.165) is 13.0 Å². The minimum Gasteiger partial charge on any atom is -0.379 e. The molecule has 0 radical (unpaired) electrons. The van der Waals surface area contributed by atoms with Crippen molar-refractivity contribution in [3.8, 4) is 0 Å². The van der Waals surface area contributed by atoms with E-state index in [9.17, 15) is 4.79 Å². The summed E-state index contributed by atoms with van der Waals surface area (Å²) in [6, 6.07) is 0. The molecular weight excluding hydrogens is 378 g/mol.